The SMILES string of the molecule is Cn1cnc(C2C(C(=O)O)C2(C)C)c1. The maximum absolute atomic E-state index is 10.9. The number of aromatic nitrogens is 2. The Morgan fingerprint density at radius 1 is 1.64 bits per heavy atom. The highest BCUT2D eigenvalue weighted by Crippen LogP contribution is 2.63. The van der Waals surface area contributed by atoms with Gasteiger partial charge in [-0.15, -0.1) is 0 Å². The van der Waals surface area contributed by atoms with Crippen LogP contribution in [-0.4, -0.2) is 20.6 Å². The summed E-state index contributed by atoms with van der Waals surface area (Å²) in [5, 5.41) is 8.99. The molecule has 0 bridgehead atoms. The van der Waals surface area contributed by atoms with Crippen molar-refractivity contribution in [2.45, 2.75) is 19.8 Å². The highest BCUT2D eigenvalue weighted by molar-refractivity contribution is 5.77. The second-order valence-electron chi connectivity index (χ2n) is 4.58. The second-order valence-corrected chi connectivity index (χ2v) is 4.58. The summed E-state index contributed by atoms with van der Waals surface area (Å²) in [6.45, 7) is 3.95. The van der Waals surface area contributed by atoms with Crippen LogP contribution in [0.5, 0.6) is 0 Å². The average Bonchev–Trinajstić information content (AvgIpc) is 2.42. The molecule has 2 atom stereocenters. The van der Waals surface area contributed by atoms with Crippen molar-refractivity contribution in [3.05, 3.63) is 18.2 Å². The van der Waals surface area contributed by atoms with Gasteiger partial charge in [0, 0.05) is 19.2 Å². The highest BCUT2D eigenvalue weighted by atomic mass is 16.4. The van der Waals surface area contributed by atoms with Gasteiger partial charge in [-0.2, -0.15) is 0 Å². The lowest BCUT2D eigenvalue weighted by molar-refractivity contribution is -0.139. The fraction of sp³-hybridized carbons (Fsp3) is 0.600. The molecule has 2 rings (SSSR count). The van der Waals surface area contributed by atoms with Gasteiger partial charge in [0.05, 0.1) is 17.9 Å². The quantitative estimate of drug-likeness (QED) is 0.770. The lowest BCUT2D eigenvalue weighted by Gasteiger charge is -1.97. The number of hydrogen-bond donors (Lipinski definition) is 1. The monoisotopic (exact) mass is 194 g/mol. The van der Waals surface area contributed by atoms with Gasteiger partial charge >= 0.3 is 5.97 Å². The molecule has 0 saturated heterocycles. The van der Waals surface area contributed by atoms with E-state index in [2.05, 4.69) is 4.98 Å². The molecule has 0 aromatic carbocycles. The number of carboxylic acid groups (broad SMARTS) is 1. The first-order valence-corrected chi connectivity index (χ1v) is 4.65. The van der Waals surface area contributed by atoms with E-state index in [1.807, 2.05) is 31.7 Å². The topological polar surface area (TPSA) is 55.1 Å². The Morgan fingerprint density at radius 3 is 2.64 bits per heavy atom. The number of rotatable bonds is 2. The predicted octanol–water partition coefficient (Wildman–Crippen LogP) is 1.24. The molecule has 0 aliphatic heterocycles. The van der Waals surface area contributed by atoms with Gasteiger partial charge in [0.25, 0.3) is 0 Å². The van der Waals surface area contributed by atoms with E-state index >= 15 is 0 Å². The van der Waals surface area contributed by atoms with Crippen LogP contribution in [0.3, 0.4) is 0 Å². The number of aryl methyl sites for hydroxylation is 1. The molecule has 4 heteroatoms. The van der Waals surface area contributed by atoms with E-state index in [9.17, 15) is 4.79 Å². The van der Waals surface area contributed by atoms with Crippen molar-refractivity contribution in [1.29, 1.82) is 0 Å². The zero-order valence-electron chi connectivity index (χ0n) is 8.56. The van der Waals surface area contributed by atoms with Crippen LogP contribution in [0.25, 0.3) is 0 Å². The van der Waals surface area contributed by atoms with Crippen molar-refractivity contribution < 1.29 is 9.90 Å². The van der Waals surface area contributed by atoms with Crippen LogP contribution in [0.2, 0.25) is 0 Å². The minimum atomic E-state index is -0.717. The fourth-order valence-corrected chi connectivity index (χ4v) is 2.24. The molecule has 1 aromatic rings. The Hall–Kier alpha value is -1.32. The van der Waals surface area contributed by atoms with Crippen molar-refractivity contribution >= 4 is 5.97 Å². The maximum Gasteiger partial charge on any atom is 0.307 e. The summed E-state index contributed by atoms with van der Waals surface area (Å²) in [7, 11) is 1.89. The molecule has 76 valence electrons. The van der Waals surface area contributed by atoms with Crippen LogP contribution < -0.4 is 0 Å². The van der Waals surface area contributed by atoms with Gasteiger partial charge in [0.2, 0.25) is 0 Å². The Labute approximate surface area is 82.6 Å². The van der Waals surface area contributed by atoms with Gasteiger partial charge < -0.3 is 9.67 Å². The summed E-state index contributed by atoms with van der Waals surface area (Å²) in [5.41, 5.74) is 0.741. The van der Waals surface area contributed by atoms with Crippen molar-refractivity contribution in [2.24, 2.45) is 18.4 Å². The highest BCUT2D eigenvalue weighted by Gasteiger charge is 2.63. The molecule has 4 nitrogen and oxygen atoms in total. The molecular weight excluding hydrogens is 180 g/mol. The molecule has 1 aromatic heterocycles. The summed E-state index contributed by atoms with van der Waals surface area (Å²) >= 11 is 0. The van der Waals surface area contributed by atoms with Gasteiger partial charge in [-0.3, -0.25) is 4.79 Å². The molecule has 1 aliphatic rings. The van der Waals surface area contributed by atoms with Gasteiger partial charge in [-0.1, -0.05) is 13.8 Å². The number of carbonyl (C=O) groups is 1. The standard InChI is InChI=1S/C10H14N2O2/c1-10(2)7(8(10)9(13)14)6-4-12(3)5-11-6/h4-5,7-8H,1-3H3,(H,13,14). The Kier molecular flexibility index (Phi) is 1.71. The molecule has 1 saturated carbocycles. The summed E-state index contributed by atoms with van der Waals surface area (Å²) in [4.78, 5) is 15.1. The number of nitrogens with zero attached hydrogens (tertiary/aromatic N) is 2. The summed E-state index contributed by atoms with van der Waals surface area (Å²) in [6.07, 6.45) is 3.61. The first kappa shape index (κ1) is 9.24. The van der Waals surface area contributed by atoms with Crippen molar-refractivity contribution in [3.8, 4) is 0 Å². The third-order valence-electron chi connectivity index (χ3n) is 3.14. The number of aliphatic carboxylic acids is 1. The van der Waals surface area contributed by atoms with Crippen LogP contribution in [-0.2, 0) is 11.8 Å². The second kappa shape index (κ2) is 2.59. The lowest BCUT2D eigenvalue weighted by atomic mass is 10.1. The van der Waals surface area contributed by atoms with E-state index in [1.54, 1.807) is 6.33 Å². The Balaban J connectivity index is 2.27. The lowest BCUT2D eigenvalue weighted by Crippen LogP contribution is -2.03. The molecule has 1 heterocycles. The van der Waals surface area contributed by atoms with Gasteiger partial charge in [-0.05, 0) is 5.41 Å². The molecular formula is C10H14N2O2. The van der Waals surface area contributed by atoms with E-state index in [-0.39, 0.29) is 17.3 Å². The number of imidazole rings is 1. The van der Waals surface area contributed by atoms with E-state index in [0.29, 0.717) is 0 Å². The van der Waals surface area contributed by atoms with E-state index in [0.717, 1.165) is 5.69 Å². The largest absolute Gasteiger partial charge is 0.481 e. The van der Waals surface area contributed by atoms with Crippen LogP contribution in [0.4, 0.5) is 0 Å². The van der Waals surface area contributed by atoms with E-state index in [1.165, 1.54) is 0 Å². The molecule has 2 unspecified atom stereocenters. The van der Waals surface area contributed by atoms with E-state index in [4.69, 9.17) is 5.11 Å². The van der Waals surface area contributed by atoms with Crippen molar-refractivity contribution in [3.63, 3.8) is 0 Å². The summed E-state index contributed by atoms with van der Waals surface area (Å²) < 4.78 is 1.85. The van der Waals surface area contributed by atoms with Gasteiger partial charge in [-0.25, -0.2) is 4.98 Å². The Bertz CT molecular complexity index is 381. The normalized spacial score (nSPS) is 28.8. The van der Waals surface area contributed by atoms with E-state index < -0.39 is 5.97 Å². The molecule has 1 N–H and O–H groups in total. The van der Waals surface area contributed by atoms with Crippen LogP contribution in [0, 0.1) is 11.3 Å². The van der Waals surface area contributed by atoms with Crippen molar-refractivity contribution in [2.75, 3.05) is 0 Å². The van der Waals surface area contributed by atoms with Crippen LogP contribution in [0.15, 0.2) is 12.5 Å². The molecule has 0 amide bonds. The molecule has 0 radical (unpaired) electrons. The minimum Gasteiger partial charge on any atom is -0.481 e. The number of carboxylic acids is 1. The first-order chi connectivity index (χ1) is 6.44. The van der Waals surface area contributed by atoms with Crippen molar-refractivity contribution in [1.82, 2.24) is 9.55 Å². The smallest absolute Gasteiger partial charge is 0.307 e. The summed E-state index contributed by atoms with van der Waals surface area (Å²) in [5.74, 6) is -0.927. The van der Waals surface area contributed by atoms with Crippen LogP contribution in [0.1, 0.15) is 25.5 Å². The van der Waals surface area contributed by atoms with Gasteiger partial charge in [0.15, 0.2) is 0 Å². The predicted molar refractivity (Wildman–Crippen MR) is 50.9 cm³/mol. The number of hydrogen-bond acceptors (Lipinski definition) is 2. The first-order valence-electron chi connectivity index (χ1n) is 4.65. The molecule has 14 heavy (non-hydrogen) atoms. The molecule has 1 aliphatic carbocycles. The van der Waals surface area contributed by atoms with Crippen LogP contribution >= 0.6 is 0 Å². The Morgan fingerprint density at radius 2 is 2.29 bits per heavy atom. The summed E-state index contributed by atoms with van der Waals surface area (Å²) in [6, 6.07) is 0. The minimum absolute atomic E-state index is 0.0706. The molecule has 0 spiro atoms. The zero-order valence-corrected chi connectivity index (χ0v) is 8.56. The third-order valence-corrected chi connectivity index (χ3v) is 3.14. The third kappa shape index (κ3) is 1.14. The van der Waals surface area contributed by atoms with Gasteiger partial charge in [0.1, 0.15) is 0 Å². The molecule has 1 fully saturated rings. The average molecular weight is 194 g/mol. The maximum atomic E-state index is 10.9. The zero-order chi connectivity index (χ0) is 10.5. The fourth-order valence-electron chi connectivity index (χ4n) is 2.24.